The van der Waals surface area contributed by atoms with E-state index in [0.717, 1.165) is 11.1 Å². The van der Waals surface area contributed by atoms with E-state index in [2.05, 4.69) is 9.98 Å². The first-order valence-electron chi connectivity index (χ1n) is 5.17. The van der Waals surface area contributed by atoms with Crippen molar-refractivity contribution in [3.63, 3.8) is 0 Å². The molecular weight excluding hydrogens is 234 g/mol. The zero-order chi connectivity index (χ0) is 12.3. The van der Waals surface area contributed by atoms with E-state index in [1.165, 1.54) is 0 Å². The van der Waals surface area contributed by atoms with E-state index in [1.54, 1.807) is 24.5 Å². The zero-order valence-electron chi connectivity index (χ0n) is 9.39. The fourth-order valence-corrected chi connectivity index (χ4v) is 1.70. The van der Waals surface area contributed by atoms with Gasteiger partial charge in [-0.05, 0) is 36.8 Å². The molecule has 2 N–H and O–H groups in total. The lowest BCUT2D eigenvalue weighted by atomic mass is 10.2. The van der Waals surface area contributed by atoms with Gasteiger partial charge in [-0.2, -0.15) is 0 Å². The molecule has 0 saturated carbocycles. The Labute approximate surface area is 105 Å². The third kappa shape index (κ3) is 2.82. The van der Waals surface area contributed by atoms with Crippen molar-refractivity contribution in [2.45, 2.75) is 6.92 Å². The second-order valence-electron chi connectivity index (χ2n) is 3.69. The Morgan fingerprint density at radius 1 is 1.24 bits per heavy atom. The minimum atomic E-state index is 0.429. The van der Waals surface area contributed by atoms with Crippen LogP contribution in [0, 0.1) is 6.92 Å². The minimum absolute atomic E-state index is 0.429. The maximum absolute atomic E-state index is 6.09. The molecule has 0 amide bonds. The van der Waals surface area contributed by atoms with E-state index in [1.807, 2.05) is 25.1 Å². The second kappa shape index (κ2) is 4.97. The van der Waals surface area contributed by atoms with Gasteiger partial charge in [-0.25, -0.2) is 4.99 Å². The number of amidine groups is 1. The Balaban J connectivity index is 2.36. The largest absolute Gasteiger partial charge is 0.383 e. The van der Waals surface area contributed by atoms with E-state index in [4.69, 9.17) is 17.3 Å². The van der Waals surface area contributed by atoms with Crippen molar-refractivity contribution in [2.24, 2.45) is 10.7 Å². The summed E-state index contributed by atoms with van der Waals surface area (Å²) in [6.07, 6.45) is 3.35. The Bertz CT molecular complexity index is 550. The fraction of sp³-hybridized carbons (Fsp3) is 0.0769. The van der Waals surface area contributed by atoms with Crippen molar-refractivity contribution in [3.8, 4) is 0 Å². The highest BCUT2D eigenvalue weighted by Gasteiger charge is 2.01. The van der Waals surface area contributed by atoms with Crippen LogP contribution in [-0.2, 0) is 0 Å². The Morgan fingerprint density at radius 2 is 1.94 bits per heavy atom. The average Bonchev–Trinajstić information content (AvgIpc) is 2.34. The Hall–Kier alpha value is -1.87. The maximum atomic E-state index is 6.09. The first-order chi connectivity index (χ1) is 8.16. The van der Waals surface area contributed by atoms with Gasteiger partial charge in [-0.15, -0.1) is 0 Å². The Kier molecular flexibility index (Phi) is 3.40. The predicted molar refractivity (Wildman–Crippen MR) is 70.8 cm³/mol. The summed E-state index contributed by atoms with van der Waals surface area (Å²) in [5.41, 5.74) is 8.49. The molecule has 1 heterocycles. The molecule has 1 aromatic heterocycles. The molecule has 0 aliphatic carbocycles. The molecule has 1 aromatic carbocycles. The molecule has 86 valence electrons. The van der Waals surface area contributed by atoms with E-state index >= 15 is 0 Å². The molecule has 0 atom stereocenters. The van der Waals surface area contributed by atoms with Gasteiger partial charge in [0.1, 0.15) is 5.84 Å². The van der Waals surface area contributed by atoms with Crippen LogP contribution in [0.25, 0.3) is 0 Å². The van der Waals surface area contributed by atoms with Crippen molar-refractivity contribution in [1.29, 1.82) is 0 Å². The molecule has 0 unspecified atom stereocenters. The van der Waals surface area contributed by atoms with Gasteiger partial charge in [-0.1, -0.05) is 17.7 Å². The molecule has 0 radical (unpaired) electrons. The summed E-state index contributed by atoms with van der Waals surface area (Å²) < 4.78 is 0. The number of aryl methyl sites for hydroxylation is 1. The van der Waals surface area contributed by atoms with Crippen LogP contribution in [-0.4, -0.2) is 10.8 Å². The Morgan fingerprint density at radius 3 is 2.59 bits per heavy atom. The summed E-state index contributed by atoms with van der Waals surface area (Å²) in [6.45, 7) is 1.98. The number of aromatic nitrogens is 1. The third-order valence-electron chi connectivity index (χ3n) is 2.32. The molecule has 17 heavy (non-hydrogen) atoms. The molecule has 0 saturated heterocycles. The molecule has 0 aliphatic heterocycles. The summed E-state index contributed by atoms with van der Waals surface area (Å²) in [7, 11) is 0. The SMILES string of the molecule is Cc1ccc(N=C(N)c2ccncc2)c(Cl)c1. The van der Waals surface area contributed by atoms with E-state index in [0.29, 0.717) is 16.5 Å². The van der Waals surface area contributed by atoms with Gasteiger partial charge >= 0.3 is 0 Å². The van der Waals surface area contributed by atoms with Gasteiger partial charge in [-0.3, -0.25) is 4.98 Å². The summed E-state index contributed by atoms with van der Waals surface area (Å²) in [5.74, 6) is 0.429. The van der Waals surface area contributed by atoms with Gasteiger partial charge in [0.15, 0.2) is 0 Å². The van der Waals surface area contributed by atoms with Crippen LogP contribution in [0.4, 0.5) is 5.69 Å². The van der Waals surface area contributed by atoms with Crippen molar-refractivity contribution >= 4 is 23.1 Å². The minimum Gasteiger partial charge on any atom is -0.383 e. The third-order valence-corrected chi connectivity index (χ3v) is 2.62. The van der Waals surface area contributed by atoms with Crippen molar-refractivity contribution in [1.82, 2.24) is 4.98 Å². The highest BCUT2D eigenvalue weighted by atomic mass is 35.5. The van der Waals surface area contributed by atoms with E-state index < -0.39 is 0 Å². The zero-order valence-corrected chi connectivity index (χ0v) is 10.1. The smallest absolute Gasteiger partial charge is 0.131 e. The van der Waals surface area contributed by atoms with Crippen LogP contribution in [0.5, 0.6) is 0 Å². The average molecular weight is 246 g/mol. The van der Waals surface area contributed by atoms with Gasteiger partial charge < -0.3 is 5.73 Å². The number of nitrogens with zero attached hydrogens (tertiary/aromatic N) is 2. The topological polar surface area (TPSA) is 51.3 Å². The van der Waals surface area contributed by atoms with Gasteiger partial charge in [0.2, 0.25) is 0 Å². The molecule has 2 aromatic rings. The summed E-state index contributed by atoms with van der Waals surface area (Å²) >= 11 is 6.09. The monoisotopic (exact) mass is 245 g/mol. The number of hydrogen-bond donors (Lipinski definition) is 1. The van der Waals surface area contributed by atoms with Crippen LogP contribution < -0.4 is 5.73 Å². The van der Waals surface area contributed by atoms with Gasteiger partial charge in [0, 0.05) is 18.0 Å². The first kappa shape index (κ1) is 11.6. The number of nitrogens with two attached hydrogens (primary N) is 1. The predicted octanol–water partition coefficient (Wildman–Crippen LogP) is 3.08. The lowest BCUT2D eigenvalue weighted by Gasteiger charge is -2.03. The van der Waals surface area contributed by atoms with Crippen LogP contribution in [0.3, 0.4) is 0 Å². The molecule has 0 bridgehead atoms. The molecular formula is C13H12ClN3. The molecule has 4 heteroatoms. The van der Waals surface area contributed by atoms with E-state index in [-0.39, 0.29) is 0 Å². The lowest BCUT2D eigenvalue weighted by molar-refractivity contribution is 1.31. The molecule has 3 nitrogen and oxygen atoms in total. The maximum Gasteiger partial charge on any atom is 0.131 e. The number of aliphatic imine (C=N–C) groups is 1. The number of hydrogen-bond acceptors (Lipinski definition) is 2. The highest BCUT2D eigenvalue weighted by molar-refractivity contribution is 6.33. The lowest BCUT2D eigenvalue weighted by Crippen LogP contribution is -2.12. The van der Waals surface area contributed by atoms with Crippen LogP contribution in [0.2, 0.25) is 5.02 Å². The van der Waals surface area contributed by atoms with Crippen molar-refractivity contribution < 1.29 is 0 Å². The number of pyridine rings is 1. The van der Waals surface area contributed by atoms with Crippen LogP contribution >= 0.6 is 11.6 Å². The number of benzene rings is 1. The summed E-state index contributed by atoms with van der Waals surface area (Å²) in [6, 6.07) is 9.28. The summed E-state index contributed by atoms with van der Waals surface area (Å²) in [4.78, 5) is 8.23. The molecule has 0 aliphatic rings. The summed E-state index contributed by atoms with van der Waals surface area (Å²) in [5, 5.41) is 0.599. The highest BCUT2D eigenvalue weighted by Crippen LogP contribution is 2.25. The standard InChI is InChI=1S/C13H12ClN3/c1-9-2-3-12(11(14)8-9)17-13(15)10-4-6-16-7-5-10/h2-8H,1H3,(H2,15,17). The second-order valence-corrected chi connectivity index (χ2v) is 4.09. The van der Waals surface area contributed by atoms with Crippen LogP contribution in [0.1, 0.15) is 11.1 Å². The van der Waals surface area contributed by atoms with E-state index in [9.17, 15) is 0 Å². The van der Waals surface area contributed by atoms with Crippen LogP contribution in [0.15, 0.2) is 47.7 Å². The van der Waals surface area contributed by atoms with Crippen molar-refractivity contribution in [3.05, 3.63) is 58.9 Å². The van der Waals surface area contributed by atoms with Gasteiger partial charge in [0.05, 0.1) is 10.7 Å². The number of rotatable bonds is 2. The fourth-order valence-electron chi connectivity index (χ4n) is 1.42. The quantitative estimate of drug-likeness (QED) is 0.653. The molecule has 0 fully saturated rings. The molecule has 0 spiro atoms. The van der Waals surface area contributed by atoms with Crippen molar-refractivity contribution in [2.75, 3.05) is 0 Å². The van der Waals surface area contributed by atoms with Gasteiger partial charge in [0.25, 0.3) is 0 Å². The first-order valence-corrected chi connectivity index (χ1v) is 5.55. The molecule has 2 rings (SSSR count). The normalized spacial score (nSPS) is 11.5. The number of halogens is 1.